The molecule has 2 aromatic rings. The molecule has 2 aromatic carbocycles. The van der Waals surface area contributed by atoms with Gasteiger partial charge in [-0.05, 0) is 30.2 Å². The number of benzene rings is 2. The van der Waals surface area contributed by atoms with E-state index in [0.717, 1.165) is 21.9 Å². The Kier molecular flexibility index (Phi) is 15.9. The van der Waals surface area contributed by atoms with Crippen molar-refractivity contribution in [2.75, 3.05) is 20.2 Å². The third-order valence-electron chi connectivity index (χ3n) is 5.10. The van der Waals surface area contributed by atoms with E-state index in [-0.39, 0.29) is 61.7 Å². The Balaban J connectivity index is 0.00000544. The Hall–Kier alpha value is -2.36. The molecule has 0 heterocycles. The second kappa shape index (κ2) is 17.1. The number of hydrogen-bond donors (Lipinski definition) is 3. The molecule has 0 aliphatic heterocycles. The number of esters is 1. The van der Waals surface area contributed by atoms with Crippen LogP contribution in [0.15, 0.2) is 54.6 Å². The molecule has 0 unspecified atom stereocenters. The fourth-order valence-corrected chi connectivity index (χ4v) is 3.24. The van der Waals surface area contributed by atoms with Crippen molar-refractivity contribution >= 4 is 11.9 Å². The molecule has 34 heavy (non-hydrogen) atoms. The lowest BCUT2D eigenvalue weighted by atomic mass is 10.1. The summed E-state index contributed by atoms with van der Waals surface area (Å²) in [6.07, 6.45) is 1.40. The summed E-state index contributed by atoms with van der Waals surface area (Å²) in [4.78, 5) is 23.5. The van der Waals surface area contributed by atoms with Gasteiger partial charge in [-0.15, -0.1) is 0 Å². The van der Waals surface area contributed by atoms with E-state index < -0.39 is 0 Å². The van der Waals surface area contributed by atoms with Crippen LogP contribution in [0.2, 0.25) is 0 Å². The average Bonchev–Trinajstić information content (AvgIpc) is 2.81. The SMILES string of the molecule is COC(=O)[C@@H](C)[NH2+]CCCC(=O)N(O)C[C@@H]([NH3+])Cc1ccc(OCc2ccccc2)cc1.[Cl-].[Cl-]. The number of hydrogen-bond acceptors (Lipinski definition) is 5. The first-order valence-electron chi connectivity index (χ1n) is 10.9. The monoisotopic (exact) mass is 515 g/mol. The zero-order valence-corrected chi connectivity index (χ0v) is 21.2. The first-order valence-corrected chi connectivity index (χ1v) is 10.9. The first-order chi connectivity index (χ1) is 15.4. The van der Waals surface area contributed by atoms with Crippen LogP contribution in [0.4, 0.5) is 0 Å². The molecule has 0 fully saturated rings. The van der Waals surface area contributed by atoms with Gasteiger partial charge in [-0.1, -0.05) is 42.5 Å². The molecule has 2 atom stereocenters. The van der Waals surface area contributed by atoms with Crippen LogP contribution in [0.1, 0.15) is 30.9 Å². The van der Waals surface area contributed by atoms with E-state index in [4.69, 9.17) is 4.74 Å². The van der Waals surface area contributed by atoms with Crippen LogP contribution in [0, 0.1) is 0 Å². The minimum Gasteiger partial charge on any atom is -1.00 e. The summed E-state index contributed by atoms with van der Waals surface area (Å²) in [5.74, 6) is 0.147. The topological polar surface area (TPSA) is 120 Å². The minimum atomic E-state index is -0.345. The van der Waals surface area contributed by atoms with Gasteiger partial charge in [0.15, 0.2) is 6.04 Å². The normalized spacial score (nSPS) is 11.9. The Bertz CT molecular complexity index is 840. The van der Waals surface area contributed by atoms with Gasteiger partial charge in [0.05, 0.1) is 13.7 Å². The predicted molar refractivity (Wildman–Crippen MR) is 119 cm³/mol. The van der Waals surface area contributed by atoms with Crippen molar-refractivity contribution in [2.24, 2.45) is 0 Å². The Labute approximate surface area is 213 Å². The number of methoxy groups -OCH3 is 1. The van der Waals surface area contributed by atoms with Gasteiger partial charge in [0, 0.05) is 19.3 Å². The molecule has 2 rings (SSSR count). The Morgan fingerprint density at radius 3 is 2.32 bits per heavy atom. The lowest BCUT2D eigenvalue weighted by Crippen LogP contribution is -3.00. The Morgan fingerprint density at radius 2 is 1.71 bits per heavy atom. The van der Waals surface area contributed by atoms with Crippen LogP contribution >= 0.6 is 0 Å². The van der Waals surface area contributed by atoms with Gasteiger partial charge < -0.3 is 45.3 Å². The molecular formula is C24H35Cl2N3O5. The lowest BCUT2D eigenvalue weighted by molar-refractivity contribution is -0.675. The molecule has 190 valence electrons. The van der Waals surface area contributed by atoms with Crippen molar-refractivity contribution < 1.29 is 60.1 Å². The van der Waals surface area contributed by atoms with E-state index in [1.807, 2.05) is 59.9 Å². The Morgan fingerprint density at radius 1 is 1.06 bits per heavy atom. The maximum Gasteiger partial charge on any atom is 0.364 e. The number of ether oxygens (including phenoxy) is 2. The molecule has 0 saturated heterocycles. The third kappa shape index (κ3) is 11.7. The summed E-state index contributed by atoms with van der Waals surface area (Å²) in [5, 5.41) is 12.6. The summed E-state index contributed by atoms with van der Waals surface area (Å²) < 4.78 is 10.5. The minimum absolute atomic E-state index is 0. The van der Waals surface area contributed by atoms with E-state index in [1.54, 1.807) is 6.92 Å². The van der Waals surface area contributed by atoms with Crippen LogP contribution in [0.25, 0.3) is 0 Å². The van der Waals surface area contributed by atoms with Crippen molar-refractivity contribution in [1.29, 1.82) is 0 Å². The number of amides is 1. The van der Waals surface area contributed by atoms with Gasteiger partial charge in [-0.2, -0.15) is 0 Å². The van der Waals surface area contributed by atoms with E-state index >= 15 is 0 Å². The second-order valence-electron chi connectivity index (χ2n) is 7.90. The van der Waals surface area contributed by atoms with Gasteiger partial charge in [0.25, 0.3) is 0 Å². The van der Waals surface area contributed by atoms with Crippen molar-refractivity contribution in [1.82, 2.24) is 5.06 Å². The second-order valence-corrected chi connectivity index (χ2v) is 7.90. The molecular weight excluding hydrogens is 481 g/mol. The van der Waals surface area contributed by atoms with Crippen LogP contribution in [0.3, 0.4) is 0 Å². The summed E-state index contributed by atoms with van der Waals surface area (Å²) >= 11 is 0. The summed E-state index contributed by atoms with van der Waals surface area (Å²) in [6.45, 7) is 3.02. The number of halogens is 2. The van der Waals surface area contributed by atoms with Gasteiger partial charge in [-0.3, -0.25) is 10.0 Å². The van der Waals surface area contributed by atoms with Crippen LogP contribution in [-0.4, -0.2) is 54.4 Å². The van der Waals surface area contributed by atoms with E-state index in [1.165, 1.54) is 7.11 Å². The van der Waals surface area contributed by atoms with Gasteiger partial charge in [0.1, 0.15) is 24.9 Å². The third-order valence-corrected chi connectivity index (χ3v) is 5.10. The highest BCUT2D eigenvalue weighted by Crippen LogP contribution is 2.15. The van der Waals surface area contributed by atoms with Gasteiger partial charge in [-0.25, -0.2) is 9.86 Å². The predicted octanol–water partition coefficient (Wildman–Crippen LogP) is -5.45. The van der Waals surface area contributed by atoms with Crippen molar-refractivity contribution in [3.63, 3.8) is 0 Å². The number of carbonyl (C=O) groups excluding carboxylic acids is 2. The van der Waals surface area contributed by atoms with Crippen molar-refractivity contribution in [3.05, 3.63) is 65.7 Å². The molecule has 1 amide bonds. The molecule has 0 aliphatic rings. The smallest absolute Gasteiger partial charge is 0.364 e. The van der Waals surface area contributed by atoms with Gasteiger partial charge >= 0.3 is 5.97 Å². The fraction of sp³-hybridized carbons (Fsp3) is 0.417. The molecule has 0 aromatic heterocycles. The van der Waals surface area contributed by atoms with Crippen LogP contribution in [0.5, 0.6) is 5.75 Å². The first kappa shape index (κ1) is 31.6. The summed E-state index contributed by atoms with van der Waals surface area (Å²) in [6, 6.07) is 17.3. The number of quaternary nitrogens is 2. The lowest BCUT2D eigenvalue weighted by Gasteiger charge is -2.18. The zero-order chi connectivity index (χ0) is 23.3. The number of nitrogens with zero attached hydrogens (tertiary/aromatic N) is 1. The molecule has 6 N–H and O–H groups in total. The molecule has 0 aliphatic carbocycles. The maximum atomic E-state index is 12.1. The van der Waals surface area contributed by atoms with E-state index in [9.17, 15) is 14.8 Å². The summed E-state index contributed by atoms with van der Waals surface area (Å²) in [5.41, 5.74) is 6.23. The fourth-order valence-electron chi connectivity index (χ4n) is 3.24. The molecule has 0 bridgehead atoms. The van der Waals surface area contributed by atoms with E-state index in [2.05, 4.69) is 10.5 Å². The van der Waals surface area contributed by atoms with E-state index in [0.29, 0.717) is 26.0 Å². The number of rotatable bonds is 13. The molecule has 8 nitrogen and oxygen atoms in total. The average molecular weight is 516 g/mol. The van der Waals surface area contributed by atoms with Crippen molar-refractivity contribution in [3.8, 4) is 5.75 Å². The maximum absolute atomic E-state index is 12.1. The molecule has 0 spiro atoms. The number of hydroxylamine groups is 2. The number of carbonyl (C=O) groups is 2. The van der Waals surface area contributed by atoms with Gasteiger partial charge in [0.2, 0.25) is 5.91 Å². The van der Waals surface area contributed by atoms with Crippen LogP contribution in [-0.2, 0) is 27.4 Å². The highest BCUT2D eigenvalue weighted by Gasteiger charge is 2.19. The standard InChI is InChI=1S/C24H33N3O5.2ClH/c1-18(24(29)31-2)26-14-6-9-23(28)27(30)16-21(25)15-19-10-12-22(13-11-19)32-17-20-7-4-3-5-8-20;;/h3-5,7-8,10-13,18,21,26,30H,6,9,14-17,25H2,1-2H3;2*1H/t18-,21+;;/m1../s1. The highest BCUT2D eigenvalue weighted by molar-refractivity contribution is 5.75. The quantitative estimate of drug-likeness (QED) is 0.106. The zero-order valence-electron chi connectivity index (χ0n) is 19.7. The molecule has 0 saturated carbocycles. The van der Waals surface area contributed by atoms with Crippen molar-refractivity contribution in [2.45, 2.75) is 44.9 Å². The number of nitrogens with two attached hydrogens (primary N) is 1. The molecule has 0 radical (unpaired) electrons. The highest BCUT2D eigenvalue weighted by atomic mass is 35.5. The molecule has 10 heteroatoms. The van der Waals surface area contributed by atoms with Crippen LogP contribution < -0.4 is 40.6 Å². The summed E-state index contributed by atoms with van der Waals surface area (Å²) in [7, 11) is 1.35. The largest absolute Gasteiger partial charge is 1.00 e.